The lowest BCUT2D eigenvalue weighted by Crippen LogP contribution is -2.37. The Morgan fingerprint density at radius 2 is 1.61 bits per heavy atom. The van der Waals surface area contributed by atoms with E-state index in [0.717, 1.165) is 11.8 Å². The number of nitrogens with one attached hydrogen (secondary N) is 2. The Kier molecular flexibility index (Phi) is 7.69. The highest BCUT2D eigenvalue weighted by molar-refractivity contribution is 7.16. The van der Waals surface area contributed by atoms with Gasteiger partial charge in [-0.2, -0.15) is 26.3 Å². The summed E-state index contributed by atoms with van der Waals surface area (Å²) in [5, 5.41) is 13.2. The van der Waals surface area contributed by atoms with Gasteiger partial charge in [-0.05, 0) is 19.1 Å². The number of thiazole rings is 1. The van der Waals surface area contributed by atoms with E-state index in [1.807, 2.05) is 5.38 Å². The molecule has 1 amide bonds. The molecule has 0 spiro atoms. The number of hydrogen-bond donors (Lipinski definition) is 1. The van der Waals surface area contributed by atoms with Crippen molar-refractivity contribution in [3.05, 3.63) is 38.5 Å². The van der Waals surface area contributed by atoms with E-state index in [-0.39, 0.29) is 10.9 Å². The number of thiophene rings is 1. The van der Waals surface area contributed by atoms with Crippen LogP contribution in [0.15, 0.2) is 23.0 Å². The lowest BCUT2D eigenvalue weighted by atomic mass is 10.2. The van der Waals surface area contributed by atoms with Gasteiger partial charge >= 0.3 is 12.4 Å². The van der Waals surface area contributed by atoms with E-state index < -0.39 is 34.9 Å². The number of halogens is 6. The number of aromatic amines is 1. The van der Waals surface area contributed by atoms with Crippen LogP contribution in [0.1, 0.15) is 38.0 Å². The highest BCUT2D eigenvalue weighted by atomic mass is 32.1. The van der Waals surface area contributed by atoms with Crippen LogP contribution >= 0.6 is 22.7 Å². The molecular weight excluding hydrogens is 438 g/mol. The van der Waals surface area contributed by atoms with Crippen LogP contribution in [0, 0.1) is 0 Å². The molecular formula is C14H10F6N2O4S2. The maximum Gasteiger partial charge on any atom is 0.455 e. The van der Waals surface area contributed by atoms with Crippen molar-refractivity contribution in [3.63, 3.8) is 0 Å². The number of carbonyl (C=O) groups is 3. The average Bonchev–Trinajstić information content (AvgIpc) is 3.24. The predicted octanol–water partition coefficient (Wildman–Crippen LogP) is 2.16. The smallest absolute Gasteiger partial charge is 0.455 e. The molecule has 2 aromatic heterocycles. The summed E-state index contributed by atoms with van der Waals surface area (Å²) in [4.78, 5) is 34.3. The molecule has 0 aliphatic heterocycles. The second-order valence-electron chi connectivity index (χ2n) is 4.94. The first-order valence-electron chi connectivity index (χ1n) is 6.97. The van der Waals surface area contributed by atoms with Gasteiger partial charge in [-0.1, -0.05) is 11.3 Å². The third-order valence-electron chi connectivity index (χ3n) is 2.85. The van der Waals surface area contributed by atoms with Gasteiger partial charge in [-0.25, -0.2) is 4.98 Å². The Bertz CT molecular complexity index is 830. The van der Waals surface area contributed by atoms with Gasteiger partial charge in [0.25, 0.3) is 11.7 Å². The molecule has 2 heterocycles. The first kappa shape index (κ1) is 23.6. The number of rotatable bonds is 4. The normalized spacial score (nSPS) is 12.5. The second-order valence-corrected chi connectivity index (χ2v) is 6.77. The Hall–Kier alpha value is -2.48. The molecule has 1 atom stereocenters. The molecule has 14 heteroatoms. The minimum Gasteiger partial charge on any atom is -0.542 e. The van der Waals surface area contributed by atoms with Crippen LogP contribution in [0.4, 0.5) is 26.3 Å². The van der Waals surface area contributed by atoms with E-state index in [4.69, 9.17) is 9.90 Å². The summed E-state index contributed by atoms with van der Waals surface area (Å²) in [6, 6.07) is 1.91. The molecule has 0 aliphatic carbocycles. The summed E-state index contributed by atoms with van der Waals surface area (Å²) in [7, 11) is 0. The van der Waals surface area contributed by atoms with E-state index in [1.165, 1.54) is 17.4 Å². The zero-order valence-electron chi connectivity index (χ0n) is 13.6. The fourth-order valence-electron chi connectivity index (χ4n) is 1.54. The van der Waals surface area contributed by atoms with Crippen molar-refractivity contribution in [2.45, 2.75) is 25.3 Å². The van der Waals surface area contributed by atoms with E-state index >= 15 is 0 Å². The molecule has 0 saturated carbocycles. The van der Waals surface area contributed by atoms with Crippen molar-refractivity contribution < 1.29 is 50.8 Å². The Balaban J connectivity index is 0.000000480. The highest BCUT2D eigenvalue weighted by Crippen LogP contribution is 2.26. The molecule has 2 rings (SSSR count). The molecule has 0 radical (unpaired) electrons. The SMILES string of the molecule is CC(NC(=O)c1ccc(C(=O)C(F)(F)F)s1)c1csc[nH+]1.O=C([O-])C(F)(F)F. The fraction of sp³-hybridized carbons (Fsp3) is 0.286. The number of ketones is 1. The number of amides is 1. The van der Waals surface area contributed by atoms with Gasteiger partial charge in [-0.3, -0.25) is 9.59 Å². The number of carboxylic acids is 1. The second kappa shape index (κ2) is 9.14. The maximum atomic E-state index is 12.3. The molecule has 0 aromatic carbocycles. The van der Waals surface area contributed by atoms with Crippen LogP contribution in [-0.4, -0.2) is 30.0 Å². The number of hydrogen-bond acceptors (Lipinski definition) is 6. The topological polar surface area (TPSA) is 100 Å². The Morgan fingerprint density at radius 3 is 2.04 bits per heavy atom. The van der Waals surface area contributed by atoms with Crippen molar-refractivity contribution >= 4 is 40.3 Å². The molecule has 6 nitrogen and oxygen atoms in total. The van der Waals surface area contributed by atoms with Crippen molar-refractivity contribution in [2.24, 2.45) is 0 Å². The van der Waals surface area contributed by atoms with Crippen LogP contribution in [-0.2, 0) is 4.79 Å². The standard InChI is InChI=1S/C12H9F3N2O2S2.C2HF3O2/c1-6(7-4-20-5-16-7)17-11(19)9-3-2-8(21-9)10(18)12(13,14)15;3-2(4,5)1(6)7/h2-6H,1H3,(H,17,19);(H,6,7). The van der Waals surface area contributed by atoms with E-state index in [2.05, 4.69) is 10.3 Å². The summed E-state index contributed by atoms with van der Waals surface area (Å²) in [5.41, 5.74) is 2.53. The number of carbonyl (C=O) groups excluding carboxylic acids is 3. The van der Waals surface area contributed by atoms with Gasteiger partial charge < -0.3 is 15.2 Å². The molecule has 154 valence electrons. The molecule has 0 bridgehead atoms. The van der Waals surface area contributed by atoms with Crippen LogP contribution in [0.2, 0.25) is 0 Å². The first-order chi connectivity index (χ1) is 12.7. The quantitative estimate of drug-likeness (QED) is 0.572. The fourth-order valence-corrected chi connectivity index (χ4v) is 3.10. The molecule has 2 aromatic rings. The lowest BCUT2D eigenvalue weighted by Gasteiger charge is -2.07. The molecule has 0 aliphatic rings. The van der Waals surface area contributed by atoms with Gasteiger partial charge in [0.1, 0.15) is 12.0 Å². The molecule has 28 heavy (non-hydrogen) atoms. The van der Waals surface area contributed by atoms with E-state index in [0.29, 0.717) is 11.3 Å². The summed E-state index contributed by atoms with van der Waals surface area (Å²) in [6.45, 7) is 1.74. The Morgan fingerprint density at radius 1 is 1.07 bits per heavy atom. The Labute approximate surface area is 160 Å². The number of alkyl halides is 6. The average molecular weight is 448 g/mol. The van der Waals surface area contributed by atoms with Gasteiger partial charge in [0.2, 0.25) is 11.2 Å². The van der Waals surface area contributed by atoms with Crippen LogP contribution in [0.3, 0.4) is 0 Å². The van der Waals surface area contributed by atoms with Gasteiger partial charge in [0, 0.05) is 0 Å². The van der Waals surface area contributed by atoms with Crippen LogP contribution in [0.5, 0.6) is 0 Å². The molecule has 0 fully saturated rings. The zero-order chi connectivity index (χ0) is 21.7. The molecule has 1 unspecified atom stereocenters. The largest absolute Gasteiger partial charge is 0.542 e. The zero-order valence-corrected chi connectivity index (χ0v) is 15.2. The summed E-state index contributed by atoms with van der Waals surface area (Å²) in [6.07, 6.45) is -10.1. The lowest BCUT2D eigenvalue weighted by molar-refractivity contribution is -0.385. The third-order valence-corrected chi connectivity index (χ3v) is 4.57. The summed E-state index contributed by atoms with van der Waals surface area (Å²) < 4.78 is 68.4. The number of aliphatic carboxylic acids is 1. The van der Waals surface area contributed by atoms with E-state index in [1.54, 1.807) is 12.4 Å². The van der Waals surface area contributed by atoms with Gasteiger partial charge in [0.05, 0.1) is 15.1 Å². The predicted molar refractivity (Wildman–Crippen MR) is 82.5 cm³/mol. The third kappa shape index (κ3) is 6.92. The van der Waals surface area contributed by atoms with Crippen molar-refractivity contribution in [3.8, 4) is 0 Å². The first-order valence-corrected chi connectivity index (χ1v) is 8.73. The molecule has 0 saturated heterocycles. The highest BCUT2D eigenvalue weighted by Gasteiger charge is 2.40. The van der Waals surface area contributed by atoms with Gasteiger partial charge in [0.15, 0.2) is 0 Å². The number of aromatic nitrogens is 1. The van der Waals surface area contributed by atoms with Crippen molar-refractivity contribution in [2.75, 3.05) is 0 Å². The minimum atomic E-state index is -5.19. The summed E-state index contributed by atoms with van der Waals surface area (Å²) >= 11 is 1.95. The molecule has 2 N–H and O–H groups in total. The number of carboxylic acid groups (broad SMARTS) is 1. The summed E-state index contributed by atoms with van der Waals surface area (Å²) in [5.74, 6) is -5.47. The minimum absolute atomic E-state index is 0.0599. The van der Waals surface area contributed by atoms with Crippen molar-refractivity contribution in [1.82, 2.24) is 5.32 Å². The van der Waals surface area contributed by atoms with Crippen LogP contribution < -0.4 is 15.4 Å². The van der Waals surface area contributed by atoms with Crippen molar-refractivity contribution in [1.29, 1.82) is 0 Å². The maximum absolute atomic E-state index is 12.3. The van der Waals surface area contributed by atoms with E-state index in [9.17, 15) is 35.9 Å². The number of Topliss-reactive ketones (excluding diaryl/α,β-unsaturated/α-hetero) is 1. The number of H-pyrrole nitrogens is 1. The monoisotopic (exact) mass is 448 g/mol. The van der Waals surface area contributed by atoms with Gasteiger partial charge in [-0.15, -0.1) is 11.3 Å². The van der Waals surface area contributed by atoms with Crippen LogP contribution in [0.25, 0.3) is 0 Å².